The quantitative estimate of drug-likeness (QED) is 0.491. The molecule has 36 valence electrons. The van der Waals surface area contributed by atoms with Gasteiger partial charge in [0, 0.05) is 28.1 Å². The Hall–Kier alpha value is -0.00571. The fourth-order valence-electron chi connectivity index (χ4n) is 0.436. The van der Waals surface area contributed by atoms with Crippen LogP contribution in [0, 0.1) is 0 Å². The fraction of sp³-hybridized carbons (Fsp3) is 0.200. The first-order chi connectivity index (χ1) is 2.89. The zero-order valence-corrected chi connectivity index (χ0v) is 5.45. The molecule has 0 heterocycles. The van der Waals surface area contributed by atoms with Gasteiger partial charge in [-0.3, -0.25) is 0 Å². The Bertz CT molecular complexity index is 105. The Kier molecular flexibility index (Phi) is 3.05. The maximum absolute atomic E-state index is 8.53. The standard InChI is InChI=1S/C5H6O.Ti/c6-5-3-1-2-4-5;/h1-3,6H,4H2;. The van der Waals surface area contributed by atoms with Crippen LogP contribution in [0.3, 0.4) is 0 Å². The molecule has 0 aromatic heterocycles. The molecule has 0 saturated heterocycles. The summed E-state index contributed by atoms with van der Waals surface area (Å²) in [4.78, 5) is 0. The molecular weight excluding hydrogens is 124 g/mol. The van der Waals surface area contributed by atoms with Gasteiger partial charge in [0.05, 0.1) is 5.76 Å². The number of rotatable bonds is 0. The van der Waals surface area contributed by atoms with E-state index >= 15 is 0 Å². The third-order valence-electron chi connectivity index (χ3n) is 0.752. The largest absolute Gasteiger partial charge is 0.512 e. The molecule has 0 spiro atoms. The van der Waals surface area contributed by atoms with Crippen LogP contribution in [0.4, 0.5) is 0 Å². The van der Waals surface area contributed by atoms with E-state index in [4.69, 9.17) is 5.11 Å². The summed E-state index contributed by atoms with van der Waals surface area (Å²) in [7, 11) is 0. The monoisotopic (exact) mass is 130 g/mol. The minimum atomic E-state index is 0. The molecule has 0 fully saturated rings. The molecular formula is C5H6OTi. The second-order valence-corrected chi connectivity index (χ2v) is 1.29. The van der Waals surface area contributed by atoms with Crippen LogP contribution >= 0.6 is 0 Å². The van der Waals surface area contributed by atoms with Gasteiger partial charge in [0.15, 0.2) is 0 Å². The van der Waals surface area contributed by atoms with Crippen LogP contribution in [0.15, 0.2) is 24.0 Å². The Morgan fingerprint density at radius 3 is 2.43 bits per heavy atom. The van der Waals surface area contributed by atoms with Crippen molar-refractivity contribution in [1.82, 2.24) is 0 Å². The Balaban J connectivity index is 0.000000360. The van der Waals surface area contributed by atoms with Crippen LogP contribution in [-0.2, 0) is 21.7 Å². The van der Waals surface area contributed by atoms with E-state index in [0.717, 1.165) is 6.42 Å². The van der Waals surface area contributed by atoms with E-state index in [9.17, 15) is 0 Å². The molecule has 0 atom stereocenters. The van der Waals surface area contributed by atoms with Crippen molar-refractivity contribution in [3.8, 4) is 0 Å². The maximum atomic E-state index is 8.53. The fourth-order valence-corrected chi connectivity index (χ4v) is 0.436. The molecule has 1 aliphatic carbocycles. The van der Waals surface area contributed by atoms with Gasteiger partial charge in [0.1, 0.15) is 0 Å². The van der Waals surface area contributed by atoms with Crippen LogP contribution in [0.1, 0.15) is 6.42 Å². The molecule has 0 bridgehead atoms. The van der Waals surface area contributed by atoms with Gasteiger partial charge >= 0.3 is 0 Å². The van der Waals surface area contributed by atoms with E-state index in [1.165, 1.54) is 0 Å². The summed E-state index contributed by atoms with van der Waals surface area (Å²) in [6, 6.07) is 0. The SMILES string of the molecule is OC1=CC=CC1.[Ti]. The van der Waals surface area contributed by atoms with Crippen molar-refractivity contribution in [2.24, 2.45) is 0 Å². The van der Waals surface area contributed by atoms with E-state index in [1.54, 1.807) is 6.08 Å². The molecule has 0 saturated carbocycles. The summed E-state index contributed by atoms with van der Waals surface area (Å²) >= 11 is 0. The third-order valence-corrected chi connectivity index (χ3v) is 0.752. The van der Waals surface area contributed by atoms with Gasteiger partial charge in [0.2, 0.25) is 0 Å². The van der Waals surface area contributed by atoms with Gasteiger partial charge in [-0.1, -0.05) is 12.2 Å². The molecule has 0 aromatic rings. The van der Waals surface area contributed by atoms with Crippen LogP contribution < -0.4 is 0 Å². The molecule has 1 N–H and O–H groups in total. The van der Waals surface area contributed by atoms with Crippen molar-refractivity contribution in [3.63, 3.8) is 0 Å². The van der Waals surface area contributed by atoms with Gasteiger partial charge < -0.3 is 5.11 Å². The summed E-state index contributed by atoms with van der Waals surface area (Å²) in [5, 5.41) is 8.53. The molecule has 0 unspecified atom stereocenters. The zero-order chi connectivity index (χ0) is 4.41. The van der Waals surface area contributed by atoms with Crippen molar-refractivity contribution in [2.75, 3.05) is 0 Å². The van der Waals surface area contributed by atoms with E-state index in [1.807, 2.05) is 12.2 Å². The minimum Gasteiger partial charge on any atom is -0.512 e. The molecule has 1 aliphatic rings. The van der Waals surface area contributed by atoms with Crippen molar-refractivity contribution in [3.05, 3.63) is 24.0 Å². The molecule has 0 aliphatic heterocycles. The summed E-state index contributed by atoms with van der Waals surface area (Å²) in [6.07, 6.45) is 6.17. The second kappa shape index (κ2) is 3.06. The molecule has 0 aromatic carbocycles. The van der Waals surface area contributed by atoms with Crippen LogP contribution in [0.25, 0.3) is 0 Å². The summed E-state index contributed by atoms with van der Waals surface area (Å²) in [5.74, 6) is 0.468. The van der Waals surface area contributed by atoms with E-state index in [2.05, 4.69) is 0 Å². The molecule has 1 rings (SSSR count). The van der Waals surface area contributed by atoms with E-state index < -0.39 is 0 Å². The van der Waals surface area contributed by atoms with Gasteiger partial charge in [-0.25, -0.2) is 0 Å². The number of allylic oxidation sites excluding steroid dienone is 3. The predicted octanol–water partition coefficient (Wildman–Crippen LogP) is 1.39. The minimum absolute atomic E-state index is 0. The maximum Gasteiger partial charge on any atom is 0.0960 e. The summed E-state index contributed by atoms with van der Waals surface area (Å²) in [5.41, 5.74) is 0. The molecule has 7 heavy (non-hydrogen) atoms. The van der Waals surface area contributed by atoms with E-state index in [-0.39, 0.29) is 21.7 Å². The molecule has 1 nitrogen and oxygen atoms in total. The van der Waals surface area contributed by atoms with Crippen LogP contribution in [-0.4, -0.2) is 5.11 Å². The third kappa shape index (κ3) is 1.95. The van der Waals surface area contributed by atoms with Gasteiger partial charge in [-0.05, 0) is 6.08 Å². The predicted molar refractivity (Wildman–Crippen MR) is 24.5 cm³/mol. The van der Waals surface area contributed by atoms with Crippen molar-refractivity contribution >= 4 is 0 Å². The van der Waals surface area contributed by atoms with Crippen LogP contribution in [0.2, 0.25) is 0 Å². The first-order valence-electron chi connectivity index (χ1n) is 1.94. The second-order valence-electron chi connectivity index (χ2n) is 1.29. The number of aliphatic hydroxyl groups excluding tert-OH is 1. The summed E-state index contributed by atoms with van der Waals surface area (Å²) in [6.45, 7) is 0. The Labute approximate surface area is 57.6 Å². The van der Waals surface area contributed by atoms with Crippen molar-refractivity contribution in [1.29, 1.82) is 0 Å². The Morgan fingerprint density at radius 1 is 1.57 bits per heavy atom. The molecule has 2 heteroatoms. The molecule has 0 radical (unpaired) electrons. The summed E-state index contributed by atoms with van der Waals surface area (Å²) < 4.78 is 0. The van der Waals surface area contributed by atoms with Gasteiger partial charge in [-0.2, -0.15) is 0 Å². The van der Waals surface area contributed by atoms with Crippen LogP contribution in [0.5, 0.6) is 0 Å². The molecule has 0 amide bonds. The number of hydrogen-bond acceptors (Lipinski definition) is 1. The smallest absolute Gasteiger partial charge is 0.0960 e. The number of hydrogen-bond donors (Lipinski definition) is 1. The average Bonchev–Trinajstić information content (AvgIpc) is 1.86. The van der Waals surface area contributed by atoms with Crippen molar-refractivity contribution < 1.29 is 26.8 Å². The van der Waals surface area contributed by atoms with E-state index in [0.29, 0.717) is 5.76 Å². The van der Waals surface area contributed by atoms with Gasteiger partial charge in [-0.15, -0.1) is 0 Å². The first kappa shape index (κ1) is 6.99. The van der Waals surface area contributed by atoms with Crippen molar-refractivity contribution in [2.45, 2.75) is 6.42 Å². The Morgan fingerprint density at radius 2 is 2.29 bits per heavy atom. The first-order valence-corrected chi connectivity index (χ1v) is 1.94. The zero-order valence-electron chi connectivity index (χ0n) is 3.89. The topological polar surface area (TPSA) is 20.2 Å². The normalized spacial score (nSPS) is 15.7. The number of aliphatic hydroxyl groups is 1. The average molecular weight is 130 g/mol. The van der Waals surface area contributed by atoms with Gasteiger partial charge in [0.25, 0.3) is 0 Å².